The van der Waals surface area contributed by atoms with Crippen LogP contribution < -0.4 is 10.1 Å². The van der Waals surface area contributed by atoms with Crippen molar-refractivity contribution in [2.75, 3.05) is 51.2 Å². The topological polar surface area (TPSA) is 62.6 Å². The number of hydrogen-bond acceptors (Lipinski definition) is 5. The summed E-state index contributed by atoms with van der Waals surface area (Å²) in [4.78, 5) is 22.2. The smallest absolute Gasteiger partial charge is 0.262 e. The van der Waals surface area contributed by atoms with Crippen molar-refractivity contribution in [1.82, 2.24) is 19.4 Å². The third kappa shape index (κ3) is 5.47. The Labute approximate surface area is 190 Å². The number of aryl methyl sites for hydroxylation is 2. The van der Waals surface area contributed by atoms with Crippen LogP contribution in [0, 0.1) is 6.92 Å². The highest BCUT2D eigenvalue weighted by molar-refractivity contribution is 5.94. The van der Waals surface area contributed by atoms with Gasteiger partial charge in [-0.2, -0.15) is 0 Å². The molecule has 0 saturated carbocycles. The van der Waals surface area contributed by atoms with Crippen molar-refractivity contribution >= 4 is 22.6 Å². The van der Waals surface area contributed by atoms with E-state index >= 15 is 0 Å². The number of imidazole rings is 1. The van der Waals surface area contributed by atoms with Crippen molar-refractivity contribution in [3.63, 3.8) is 0 Å². The van der Waals surface area contributed by atoms with E-state index in [2.05, 4.69) is 33.7 Å². The van der Waals surface area contributed by atoms with Crippen LogP contribution in [0.2, 0.25) is 0 Å². The van der Waals surface area contributed by atoms with Crippen molar-refractivity contribution in [3.8, 4) is 5.75 Å². The summed E-state index contributed by atoms with van der Waals surface area (Å²) in [6, 6.07) is 13.6. The van der Waals surface area contributed by atoms with Crippen LogP contribution in [-0.2, 0) is 18.3 Å². The summed E-state index contributed by atoms with van der Waals surface area (Å²) in [5.74, 6) is 1.58. The molecule has 1 N–H and O–H groups in total. The number of benzene rings is 2. The molecule has 0 bridgehead atoms. The number of anilines is 1. The molecule has 170 valence electrons. The Bertz CT molecular complexity index is 1070. The van der Waals surface area contributed by atoms with Gasteiger partial charge in [0.05, 0.1) is 11.0 Å². The van der Waals surface area contributed by atoms with Crippen LogP contribution in [-0.4, -0.2) is 71.1 Å². The second-order valence-corrected chi connectivity index (χ2v) is 8.47. The van der Waals surface area contributed by atoms with Crippen LogP contribution in [0.3, 0.4) is 0 Å². The highest BCUT2D eigenvalue weighted by Crippen LogP contribution is 2.20. The Morgan fingerprint density at radius 1 is 1.09 bits per heavy atom. The van der Waals surface area contributed by atoms with Crippen molar-refractivity contribution in [1.29, 1.82) is 0 Å². The fourth-order valence-corrected chi connectivity index (χ4v) is 4.19. The van der Waals surface area contributed by atoms with Gasteiger partial charge in [-0.25, -0.2) is 4.98 Å². The second kappa shape index (κ2) is 10.1. The number of rotatable bonds is 8. The van der Waals surface area contributed by atoms with Crippen molar-refractivity contribution < 1.29 is 9.53 Å². The van der Waals surface area contributed by atoms with Crippen LogP contribution in [0.25, 0.3) is 11.0 Å². The van der Waals surface area contributed by atoms with Gasteiger partial charge in [0.25, 0.3) is 5.91 Å². The number of carbonyl (C=O) groups excluding carboxylic acids is 1. The van der Waals surface area contributed by atoms with E-state index < -0.39 is 0 Å². The molecule has 1 aliphatic rings. The third-order valence-electron chi connectivity index (χ3n) is 6.18. The molecule has 1 amide bonds. The largest absolute Gasteiger partial charge is 0.484 e. The summed E-state index contributed by atoms with van der Waals surface area (Å²) in [7, 11) is 2.06. The van der Waals surface area contributed by atoms with Crippen LogP contribution in [0.4, 0.5) is 5.69 Å². The number of nitrogens with zero attached hydrogens (tertiary/aromatic N) is 4. The molecular weight excluding hydrogens is 402 g/mol. The van der Waals surface area contributed by atoms with Gasteiger partial charge in [-0.1, -0.05) is 19.1 Å². The Balaban J connectivity index is 1.34. The Morgan fingerprint density at radius 2 is 1.88 bits per heavy atom. The maximum Gasteiger partial charge on any atom is 0.262 e. The molecule has 4 rings (SSSR count). The van der Waals surface area contributed by atoms with Crippen molar-refractivity contribution in [3.05, 3.63) is 53.9 Å². The zero-order valence-corrected chi connectivity index (χ0v) is 19.3. The number of carbonyl (C=O) groups is 1. The summed E-state index contributed by atoms with van der Waals surface area (Å²) in [5.41, 5.74) is 3.80. The minimum Gasteiger partial charge on any atom is -0.484 e. The number of piperazine rings is 1. The average Bonchev–Trinajstić information content (AvgIpc) is 3.11. The SMILES string of the molecule is CCN1CCN(CCc2nc3cc(NC(=O)COc4cccc(C)c4)ccc3n2C)CC1. The average molecular weight is 436 g/mol. The lowest BCUT2D eigenvalue weighted by atomic mass is 10.2. The predicted molar refractivity (Wildman–Crippen MR) is 128 cm³/mol. The van der Waals surface area contributed by atoms with Gasteiger partial charge in [-0.05, 0) is 49.4 Å². The van der Waals surface area contributed by atoms with Gasteiger partial charge in [0.15, 0.2) is 6.61 Å². The molecule has 7 heteroatoms. The lowest BCUT2D eigenvalue weighted by molar-refractivity contribution is -0.118. The minimum atomic E-state index is -0.187. The molecule has 2 aromatic carbocycles. The zero-order valence-electron chi connectivity index (χ0n) is 19.3. The molecule has 32 heavy (non-hydrogen) atoms. The monoisotopic (exact) mass is 435 g/mol. The first-order valence-corrected chi connectivity index (χ1v) is 11.4. The normalized spacial score (nSPS) is 15.2. The fourth-order valence-electron chi connectivity index (χ4n) is 4.19. The van der Waals surface area contributed by atoms with E-state index in [1.165, 1.54) is 0 Å². The van der Waals surface area contributed by atoms with Gasteiger partial charge in [0.2, 0.25) is 0 Å². The third-order valence-corrected chi connectivity index (χ3v) is 6.18. The van der Waals surface area contributed by atoms with Crippen LogP contribution in [0.15, 0.2) is 42.5 Å². The van der Waals surface area contributed by atoms with Crippen molar-refractivity contribution in [2.24, 2.45) is 7.05 Å². The van der Waals surface area contributed by atoms with E-state index in [9.17, 15) is 4.79 Å². The molecule has 1 aromatic heterocycles. The lowest BCUT2D eigenvalue weighted by Crippen LogP contribution is -2.46. The quantitative estimate of drug-likeness (QED) is 0.589. The number of likely N-dealkylation sites (N-methyl/N-ethyl adjacent to an activating group) is 1. The molecule has 0 unspecified atom stereocenters. The minimum absolute atomic E-state index is 0.0275. The van der Waals surface area contributed by atoms with Gasteiger partial charge < -0.3 is 24.4 Å². The highest BCUT2D eigenvalue weighted by Gasteiger charge is 2.16. The second-order valence-electron chi connectivity index (χ2n) is 8.47. The lowest BCUT2D eigenvalue weighted by Gasteiger charge is -2.33. The van der Waals surface area contributed by atoms with E-state index in [1.54, 1.807) is 0 Å². The van der Waals surface area contributed by atoms with Gasteiger partial charge >= 0.3 is 0 Å². The molecule has 1 saturated heterocycles. The van der Waals surface area contributed by atoms with Crippen LogP contribution >= 0.6 is 0 Å². The molecule has 1 aliphatic heterocycles. The first-order chi connectivity index (χ1) is 15.5. The predicted octanol–water partition coefficient (Wildman–Crippen LogP) is 3.08. The summed E-state index contributed by atoms with van der Waals surface area (Å²) in [6.45, 7) is 10.9. The number of amides is 1. The maximum atomic E-state index is 12.3. The van der Waals surface area contributed by atoms with E-state index in [0.717, 1.165) is 73.8 Å². The van der Waals surface area contributed by atoms with E-state index in [1.807, 2.05) is 49.4 Å². The van der Waals surface area contributed by atoms with Gasteiger partial charge in [-0.3, -0.25) is 4.79 Å². The fraction of sp³-hybridized carbons (Fsp3) is 0.440. The zero-order chi connectivity index (χ0) is 22.5. The maximum absolute atomic E-state index is 12.3. The number of fused-ring (bicyclic) bond motifs is 1. The number of hydrogen-bond donors (Lipinski definition) is 1. The molecule has 1 fully saturated rings. The van der Waals surface area contributed by atoms with E-state index in [4.69, 9.17) is 9.72 Å². The van der Waals surface area contributed by atoms with E-state index in [0.29, 0.717) is 5.75 Å². The van der Waals surface area contributed by atoms with Crippen molar-refractivity contribution in [2.45, 2.75) is 20.3 Å². The first-order valence-electron chi connectivity index (χ1n) is 11.4. The number of aromatic nitrogens is 2. The van der Waals surface area contributed by atoms with Gasteiger partial charge in [0.1, 0.15) is 11.6 Å². The molecular formula is C25H33N5O2. The standard InChI is InChI=1S/C25H33N5O2/c1-4-29-12-14-30(15-13-29)11-10-24-27-22-17-20(8-9-23(22)28(24)3)26-25(31)18-32-21-7-5-6-19(2)16-21/h5-9,16-17H,4,10-15,18H2,1-3H3,(H,26,31). The molecule has 0 aliphatic carbocycles. The van der Waals surface area contributed by atoms with Crippen LogP contribution in [0.1, 0.15) is 18.3 Å². The first kappa shape index (κ1) is 22.3. The summed E-state index contributed by atoms with van der Waals surface area (Å²) in [6.07, 6.45) is 0.920. The van der Waals surface area contributed by atoms with Gasteiger partial charge in [0, 0.05) is 51.9 Å². The molecule has 3 aromatic rings. The Kier molecular flexibility index (Phi) is 7.07. The molecule has 0 atom stereocenters. The summed E-state index contributed by atoms with van der Waals surface area (Å²) < 4.78 is 7.75. The Hall–Kier alpha value is -2.90. The van der Waals surface area contributed by atoms with Gasteiger partial charge in [-0.15, -0.1) is 0 Å². The molecule has 0 radical (unpaired) electrons. The molecule has 7 nitrogen and oxygen atoms in total. The van der Waals surface area contributed by atoms with E-state index in [-0.39, 0.29) is 12.5 Å². The highest BCUT2D eigenvalue weighted by atomic mass is 16.5. The van der Waals surface area contributed by atoms with Crippen LogP contribution in [0.5, 0.6) is 5.75 Å². The molecule has 0 spiro atoms. The number of ether oxygens (including phenoxy) is 1. The molecule has 2 heterocycles. The number of nitrogens with one attached hydrogen (secondary N) is 1. The Morgan fingerprint density at radius 3 is 2.62 bits per heavy atom. The summed E-state index contributed by atoms with van der Waals surface area (Å²) in [5, 5.41) is 2.91. The summed E-state index contributed by atoms with van der Waals surface area (Å²) >= 11 is 0.